The van der Waals surface area contributed by atoms with Crippen LogP contribution in [0.25, 0.3) is 15.2 Å². The van der Waals surface area contributed by atoms with Gasteiger partial charge in [-0.1, -0.05) is 29.5 Å². The van der Waals surface area contributed by atoms with Crippen LogP contribution >= 0.6 is 11.3 Å². The van der Waals surface area contributed by atoms with Gasteiger partial charge in [-0.2, -0.15) is 5.10 Å². The van der Waals surface area contributed by atoms with Crippen LogP contribution in [-0.2, 0) is 21.6 Å². The Kier molecular flexibility index (Phi) is 7.11. The minimum atomic E-state index is -1.57. The molecule has 0 aliphatic rings. The monoisotopic (exact) mass is 525 g/mol. The van der Waals surface area contributed by atoms with Gasteiger partial charge in [0.2, 0.25) is 5.91 Å². The van der Waals surface area contributed by atoms with Crippen molar-refractivity contribution in [2.45, 2.75) is 58.9 Å². The summed E-state index contributed by atoms with van der Waals surface area (Å²) in [7, 11) is 1.57. The summed E-state index contributed by atoms with van der Waals surface area (Å²) in [6, 6.07) is 9.21. The summed E-state index contributed by atoms with van der Waals surface area (Å²) >= 11 is 1.28. The van der Waals surface area contributed by atoms with Gasteiger partial charge in [0.1, 0.15) is 27.2 Å². The van der Waals surface area contributed by atoms with E-state index in [1.54, 1.807) is 37.2 Å². The number of para-hydroxylation sites is 1. The quantitative estimate of drug-likeness (QED) is 0.358. The molecule has 196 valence electrons. The first-order valence-electron chi connectivity index (χ1n) is 11.9. The molecule has 4 rings (SSSR count). The Morgan fingerprint density at radius 1 is 1.19 bits per heavy atom. The molecular weight excluding hydrogens is 494 g/mol. The number of hydrogen-bond acceptors (Lipinski definition) is 7. The molecule has 11 heteroatoms. The van der Waals surface area contributed by atoms with Crippen molar-refractivity contribution in [3.63, 3.8) is 0 Å². The Balaban J connectivity index is 2.06. The molecule has 0 radical (unpaired) electrons. The third-order valence-electron chi connectivity index (χ3n) is 6.33. The van der Waals surface area contributed by atoms with Crippen molar-refractivity contribution in [3.8, 4) is 10.8 Å². The van der Waals surface area contributed by atoms with Crippen LogP contribution in [-0.4, -0.2) is 38.0 Å². The minimum Gasteiger partial charge on any atom is -0.496 e. The highest BCUT2D eigenvalue weighted by Gasteiger charge is 2.34. The Morgan fingerprint density at radius 3 is 2.49 bits per heavy atom. The number of carbonyl (C=O) groups excluding carboxylic acids is 1. The van der Waals surface area contributed by atoms with Crippen LogP contribution in [0.4, 0.5) is 0 Å². The first kappa shape index (κ1) is 26.4. The lowest BCUT2D eigenvalue weighted by Gasteiger charge is -2.27. The van der Waals surface area contributed by atoms with Gasteiger partial charge in [0.05, 0.1) is 25.1 Å². The number of fused-ring (bicyclic) bond motifs is 1. The summed E-state index contributed by atoms with van der Waals surface area (Å²) < 4.78 is 15.9. The predicted molar refractivity (Wildman–Crippen MR) is 143 cm³/mol. The van der Waals surface area contributed by atoms with Crippen molar-refractivity contribution in [2.24, 2.45) is 5.73 Å². The largest absolute Gasteiger partial charge is 0.496 e. The predicted octanol–water partition coefficient (Wildman–Crippen LogP) is 3.11. The molecule has 1 amide bonds. The maximum absolute atomic E-state index is 14.0. The number of benzene rings is 1. The van der Waals surface area contributed by atoms with Gasteiger partial charge in [-0.25, -0.2) is 14.0 Å². The minimum absolute atomic E-state index is 0.0709. The number of hydrogen-bond donors (Lipinski definition) is 1. The molecule has 1 aromatic carbocycles. The summed E-state index contributed by atoms with van der Waals surface area (Å²) in [5, 5.41) is 5.33. The van der Waals surface area contributed by atoms with Crippen molar-refractivity contribution < 1.29 is 14.3 Å². The van der Waals surface area contributed by atoms with Crippen LogP contribution in [0, 0.1) is 6.92 Å². The van der Waals surface area contributed by atoms with E-state index in [9.17, 15) is 14.4 Å². The molecule has 0 spiro atoms. The topological polar surface area (TPSA) is 123 Å². The van der Waals surface area contributed by atoms with Crippen LogP contribution < -0.4 is 21.7 Å². The average Bonchev–Trinajstić information content (AvgIpc) is 3.48. The highest BCUT2D eigenvalue weighted by molar-refractivity contribution is 7.21. The third kappa shape index (κ3) is 4.60. The molecule has 10 nitrogen and oxygen atoms in total. The van der Waals surface area contributed by atoms with E-state index >= 15 is 0 Å². The number of ether oxygens (including phenoxy) is 2. The van der Waals surface area contributed by atoms with Crippen LogP contribution in [0.1, 0.15) is 44.9 Å². The van der Waals surface area contributed by atoms with Crippen LogP contribution in [0.5, 0.6) is 5.75 Å². The molecule has 0 bridgehead atoms. The second-order valence-corrected chi connectivity index (χ2v) is 10.5. The lowest BCUT2D eigenvalue weighted by Crippen LogP contribution is -2.54. The normalized spacial score (nSPS) is 12.8. The molecule has 0 unspecified atom stereocenters. The fraction of sp³-hybridized carbons (Fsp3) is 0.385. The first-order chi connectivity index (χ1) is 17.5. The van der Waals surface area contributed by atoms with Gasteiger partial charge in [-0.15, -0.1) is 0 Å². The van der Waals surface area contributed by atoms with E-state index in [1.165, 1.54) is 29.8 Å². The summed E-state index contributed by atoms with van der Waals surface area (Å²) in [6.45, 7) is 8.61. The Hall–Kier alpha value is -3.70. The fourth-order valence-electron chi connectivity index (χ4n) is 4.35. The number of carbonyl (C=O) groups is 1. The van der Waals surface area contributed by atoms with Gasteiger partial charge in [0.25, 0.3) is 5.56 Å². The summed E-state index contributed by atoms with van der Waals surface area (Å²) in [5.41, 5.74) is 4.26. The maximum atomic E-state index is 14.0. The molecule has 0 saturated carbocycles. The van der Waals surface area contributed by atoms with Crippen molar-refractivity contribution in [3.05, 3.63) is 74.7 Å². The van der Waals surface area contributed by atoms with E-state index in [0.717, 1.165) is 10.1 Å². The van der Waals surface area contributed by atoms with Gasteiger partial charge in [0, 0.05) is 23.5 Å². The van der Waals surface area contributed by atoms with Crippen LogP contribution in [0.2, 0.25) is 0 Å². The zero-order chi connectivity index (χ0) is 27.1. The van der Waals surface area contributed by atoms with Crippen molar-refractivity contribution in [2.75, 3.05) is 7.11 Å². The molecular formula is C26H31N5O5S. The van der Waals surface area contributed by atoms with Gasteiger partial charge >= 0.3 is 5.69 Å². The van der Waals surface area contributed by atoms with Gasteiger partial charge in [-0.3, -0.25) is 14.2 Å². The number of aryl methyl sites for hydroxylation is 1. The Labute approximate surface area is 217 Å². The number of thiophene rings is 1. The smallest absolute Gasteiger partial charge is 0.333 e. The fourth-order valence-corrected chi connectivity index (χ4v) is 5.59. The summed E-state index contributed by atoms with van der Waals surface area (Å²) in [4.78, 5) is 40.6. The average molecular weight is 526 g/mol. The molecule has 0 saturated heterocycles. The Bertz CT molecular complexity index is 1560. The molecule has 0 aliphatic carbocycles. The van der Waals surface area contributed by atoms with E-state index in [4.69, 9.17) is 15.2 Å². The lowest BCUT2D eigenvalue weighted by molar-refractivity contribution is -0.125. The van der Waals surface area contributed by atoms with E-state index < -0.39 is 28.8 Å². The zero-order valence-electron chi connectivity index (χ0n) is 21.7. The van der Waals surface area contributed by atoms with Crippen molar-refractivity contribution in [1.29, 1.82) is 0 Å². The molecule has 4 aromatic rings. The Morgan fingerprint density at radius 2 is 1.89 bits per heavy atom. The van der Waals surface area contributed by atoms with E-state index in [1.807, 2.05) is 38.1 Å². The number of amides is 1. The van der Waals surface area contributed by atoms with Crippen LogP contribution in [0.15, 0.2) is 52.3 Å². The number of nitrogens with two attached hydrogens (primary N) is 1. The molecule has 0 aliphatic heterocycles. The van der Waals surface area contributed by atoms with Crippen LogP contribution in [0.3, 0.4) is 0 Å². The van der Waals surface area contributed by atoms with E-state index in [0.29, 0.717) is 26.5 Å². The second-order valence-electron chi connectivity index (χ2n) is 9.54. The first-order valence-corrected chi connectivity index (χ1v) is 12.7. The molecule has 1 atom stereocenters. The second kappa shape index (κ2) is 9.98. The van der Waals surface area contributed by atoms with E-state index in [-0.39, 0.29) is 12.6 Å². The van der Waals surface area contributed by atoms with Crippen molar-refractivity contribution >= 4 is 27.5 Å². The zero-order valence-corrected chi connectivity index (χ0v) is 22.5. The summed E-state index contributed by atoms with van der Waals surface area (Å²) in [5.74, 6) is -0.180. The highest BCUT2D eigenvalue weighted by atomic mass is 32.1. The lowest BCUT2D eigenvalue weighted by atomic mass is 10.0. The van der Waals surface area contributed by atoms with Crippen molar-refractivity contribution in [1.82, 2.24) is 18.9 Å². The van der Waals surface area contributed by atoms with Gasteiger partial charge < -0.3 is 15.2 Å². The maximum Gasteiger partial charge on any atom is 0.333 e. The number of primary amides is 1. The molecule has 0 fully saturated rings. The number of methoxy groups -OCH3 is 1. The SMILES string of the molecule is COc1ccccc1[C@H](Cn1c(=O)n(C(C)(C)C(N)=O)c(=O)c2c(C)c(-n3cccn3)sc21)OC(C)C. The molecule has 3 aromatic heterocycles. The summed E-state index contributed by atoms with van der Waals surface area (Å²) in [6.07, 6.45) is 2.65. The number of nitrogens with zero attached hydrogens (tertiary/aromatic N) is 4. The molecule has 3 heterocycles. The van der Waals surface area contributed by atoms with Gasteiger partial charge in [-0.05, 0) is 46.8 Å². The number of aromatic nitrogens is 4. The molecule has 2 N–H and O–H groups in total. The standard InChI is InChI=1S/C26H31N5O5S/c1-15(2)36-19(17-10-7-8-11-18(17)35-6)14-29-23-20(16(3)22(37-23)30-13-9-12-28-30)21(32)31(25(29)34)26(4,5)24(27)33/h7-13,15,19H,14H2,1-6H3,(H2,27,33)/t19-/m0/s1. The van der Waals surface area contributed by atoms with E-state index in [2.05, 4.69) is 5.10 Å². The number of rotatable bonds is 9. The molecule has 37 heavy (non-hydrogen) atoms. The van der Waals surface area contributed by atoms with Gasteiger partial charge in [0.15, 0.2) is 0 Å². The third-order valence-corrected chi connectivity index (χ3v) is 7.64. The highest BCUT2D eigenvalue weighted by Crippen LogP contribution is 2.34.